The molecule has 1 aromatic rings. The summed E-state index contributed by atoms with van der Waals surface area (Å²) < 4.78 is 10.4. The fourth-order valence-corrected chi connectivity index (χ4v) is 2.31. The number of benzene rings is 1. The van der Waals surface area contributed by atoms with Crippen LogP contribution in [0.4, 0.5) is 0 Å². The third-order valence-electron chi connectivity index (χ3n) is 3.53. The van der Waals surface area contributed by atoms with Crippen molar-refractivity contribution in [3.63, 3.8) is 0 Å². The van der Waals surface area contributed by atoms with E-state index in [1.807, 2.05) is 12.1 Å². The first-order valence-corrected chi connectivity index (χ1v) is 7.12. The second-order valence-corrected chi connectivity index (χ2v) is 5.25. The van der Waals surface area contributed by atoms with Crippen molar-refractivity contribution in [2.75, 3.05) is 0 Å². The molecule has 1 heterocycles. The monoisotopic (exact) mass is 312 g/mol. The maximum absolute atomic E-state index is 11.0. The highest BCUT2D eigenvalue weighted by atomic mass is 16.7. The maximum Gasteiger partial charge on any atom is 0.335 e. The summed E-state index contributed by atoms with van der Waals surface area (Å²) in [6.45, 7) is 2.06. The molecular formula is C15H20O7. The number of hydrogen-bond donors (Lipinski definition) is 4. The molecule has 1 fully saturated rings. The molecule has 1 unspecified atom stereocenters. The van der Waals surface area contributed by atoms with Gasteiger partial charge in [-0.3, -0.25) is 0 Å². The average Bonchev–Trinajstić information content (AvgIpc) is 2.49. The molecule has 122 valence electrons. The van der Waals surface area contributed by atoms with Gasteiger partial charge in [0.1, 0.15) is 24.1 Å². The Kier molecular flexibility index (Phi) is 5.36. The molecule has 0 amide bonds. The van der Waals surface area contributed by atoms with Gasteiger partial charge in [0, 0.05) is 0 Å². The van der Waals surface area contributed by atoms with Crippen LogP contribution in [0.15, 0.2) is 24.3 Å². The standard InChI is InChI=1S/C15H20O7/c1-2-3-8-4-6-9(7-5-8)21-15-12(18)10(16)11(17)13(22-15)14(19)20/h4-7,10-13,15-18H,2-3H2,1H3,(H,19,20)/t10-,11-,12+,13-,15?/m0/s1. The van der Waals surface area contributed by atoms with Gasteiger partial charge in [0.25, 0.3) is 0 Å². The Hall–Kier alpha value is -1.67. The van der Waals surface area contributed by atoms with Gasteiger partial charge < -0.3 is 29.9 Å². The zero-order chi connectivity index (χ0) is 16.3. The van der Waals surface area contributed by atoms with Crippen LogP contribution in [0.1, 0.15) is 18.9 Å². The van der Waals surface area contributed by atoms with E-state index in [0.717, 1.165) is 18.4 Å². The van der Waals surface area contributed by atoms with Crippen LogP contribution >= 0.6 is 0 Å². The molecule has 1 saturated heterocycles. The Morgan fingerprint density at radius 2 is 1.77 bits per heavy atom. The van der Waals surface area contributed by atoms with Gasteiger partial charge in [-0.1, -0.05) is 25.5 Å². The van der Waals surface area contributed by atoms with Gasteiger partial charge in [0.2, 0.25) is 6.29 Å². The van der Waals surface area contributed by atoms with Crippen molar-refractivity contribution in [3.8, 4) is 5.75 Å². The first-order chi connectivity index (χ1) is 10.4. The SMILES string of the molecule is CCCc1ccc(OC2O[C@H](C(=O)O)[C@@H](O)[C@H](O)[C@H]2O)cc1. The van der Waals surface area contributed by atoms with Crippen molar-refractivity contribution >= 4 is 5.97 Å². The highest BCUT2D eigenvalue weighted by Crippen LogP contribution is 2.25. The number of carboxylic acids is 1. The number of carbonyl (C=O) groups is 1. The van der Waals surface area contributed by atoms with Crippen LogP contribution in [0.2, 0.25) is 0 Å². The predicted octanol–water partition coefficient (Wildman–Crippen LogP) is -0.0899. The third-order valence-corrected chi connectivity index (χ3v) is 3.53. The van der Waals surface area contributed by atoms with Gasteiger partial charge in [-0.2, -0.15) is 0 Å². The average molecular weight is 312 g/mol. The van der Waals surface area contributed by atoms with Gasteiger partial charge in [0.15, 0.2) is 6.10 Å². The Bertz CT molecular complexity index is 501. The summed E-state index contributed by atoms with van der Waals surface area (Å²) in [5.41, 5.74) is 1.12. The van der Waals surface area contributed by atoms with E-state index < -0.39 is 36.7 Å². The number of aliphatic carboxylic acids is 1. The van der Waals surface area contributed by atoms with E-state index in [-0.39, 0.29) is 0 Å². The van der Waals surface area contributed by atoms with Crippen molar-refractivity contribution < 1.29 is 34.7 Å². The summed E-state index contributed by atoms with van der Waals surface area (Å²) in [6.07, 6.45) is -6.05. The van der Waals surface area contributed by atoms with Crippen LogP contribution in [0.25, 0.3) is 0 Å². The second kappa shape index (κ2) is 7.06. The van der Waals surface area contributed by atoms with Crippen molar-refractivity contribution in [1.82, 2.24) is 0 Å². The number of carboxylic acid groups (broad SMARTS) is 1. The Labute approximate surface area is 127 Å². The molecular weight excluding hydrogens is 292 g/mol. The molecule has 0 bridgehead atoms. The van der Waals surface area contributed by atoms with Crippen LogP contribution in [-0.4, -0.2) is 57.1 Å². The first-order valence-electron chi connectivity index (χ1n) is 7.12. The second-order valence-electron chi connectivity index (χ2n) is 5.25. The highest BCUT2D eigenvalue weighted by molar-refractivity contribution is 5.73. The van der Waals surface area contributed by atoms with Crippen molar-refractivity contribution in [1.29, 1.82) is 0 Å². The van der Waals surface area contributed by atoms with E-state index in [1.54, 1.807) is 12.1 Å². The smallest absolute Gasteiger partial charge is 0.335 e. The van der Waals surface area contributed by atoms with Crippen LogP contribution in [0, 0.1) is 0 Å². The maximum atomic E-state index is 11.0. The minimum atomic E-state index is -1.72. The molecule has 2 rings (SSSR count). The molecule has 1 aliphatic rings. The molecule has 4 N–H and O–H groups in total. The lowest BCUT2D eigenvalue weighted by Gasteiger charge is -2.38. The molecule has 1 aromatic carbocycles. The number of hydrogen-bond acceptors (Lipinski definition) is 6. The topological polar surface area (TPSA) is 116 Å². The summed E-state index contributed by atoms with van der Waals surface area (Å²) in [6, 6.07) is 7.06. The number of aliphatic hydroxyl groups excluding tert-OH is 3. The first kappa shape index (κ1) is 16.7. The van der Waals surface area contributed by atoms with E-state index >= 15 is 0 Å². The van der Waals surface area contributed by atoms with E-state index in [1.165, 1.54) is 0 Å². The van der Waals surface area contributed by atoms with Crippen molar-refractivity contribution in [3.05, 3.63) is 29.8 Å². The van der Waals surface area contributed by atoms with Crippen molar-refractivity contribution in [2.24, 2.45) is 0 Å². The molecule has 5 atom stereocenters. The lowest BCUT2D eigenvalue weighted by Crippen LogP contribution is -2.61. The molecule has 7 heteroatoms. The van der Waals surface area contributed by atoms with Crippen LogP contribution in [0.5, 0.6) is 5.75 Å². The van der Waals surface area contributed by atoms with Crippen LogP contribution in [0.3, 0.4) is 0 Å². The van der Waals surface area contributed by atoms with Gasteiger partial charge in [-0.05, 0) is 24.1 Å². The van der Waals surface area contributed by atoms with Gasteiger partial charge in [-0.25, -0.2) is 4.79 Å². The number of ether oxygens (including phenoxy) is 2. The minimum absolute atomic E-state index is 0.372. The zero-order valence-corrected chi connectivity index (χ0v) is 12.1. The van der Waals surface area contributed by atoms with Crippen molar-refractivity contribution in [2.45, 2.75) is 50.5 Å². The molecule has 7 nitrogen and oxygen atoms in total. The fraction of sp³-hybridized carbons (Fsp3) is 0.533. The number of aliphatic hydroxyl groups is 3. The summed E-state index contributed by atoms with van der Waals surface area (Å²) in [4.78, 5) is 11.0. The molecule has 0 spiro atoms. The van der Waals surface area contributed by atoms with Gasteiger partial charge in [-0.15, -0.1) is 0 Å². The summed E-state index contributed by atoms with van der Waals surface area (Å²) in [5.74, 6) is -1.07. The quantitative estimate of drug-likeness (QED) is 0.600. The van der Waals surface area contributed by atoms with E-state index in [9.17, 15) is 20.1 Å². The van der Waals surface area contributed by atoms with Gasteiger partial charge in [0.05, 0.1) is 0 Å². The largest absolute Gasteiger partial charge is 0.479 e. The van der Waals surface area contributed by atoms with Crippen LogP contribution < -0.4 is 4.74 Å². The molecule has 1 aliphatic heterocycles. The Balaban J connectivity index is 2.08. The summed E-state index contributed by atoms with van der Waals surface area (Å²) >= 11 is 0. The number of rotatable bonds is 5. The lowest BCUT2D eigenvalue weighted by atomic mass is 9.99. The predicted molar refractivity (Wildman–Crippen MR) is 75.4 cm³/mol. The lowest BCUT2D eigenvalue weighted by molar-refractivity contribution is -0.271. The van der Waals surface area contributed by atoms with E-state index in [4.69, 9.17) is 14.6 Å². The fourth-order valence-electron chi connectivity index (χ4n) is 2.31. The zero-order valence-electron chi connectivity index (χ0n) is 12.1. The molecule has 0 saturated carbocycles. The highest BCUT2D eigenvalue weighted by Gasteiger charge is 2.48. The third kappa shape index (κ3) is 3.56. The van der Waals surface area contributed by atoms with E-state index in [0.29, 0.717) is 5.75 Å². The molecule has 0 radical (unpaired) electrons. The number of aryl methyl sites for hydroxylation is 1. The normalized spacial score (nSPS) is 31.7. The van der Waals surface area contributed by atoms with E-state index in [2.05, 4.69) is 6.92 Å². The molecule has 0 aliphatic carbocycles. The minimum Gasteiger partial charge on any atom is -0.479 e. The molecule has 22 heavy (non-hydrogen) atoms. The Morgan fingerprint density at radius 3 is 2.32 bits per heavy atom. The summed E-state index contributed by atoms with van der Waals surface area (Å²) in [5, 5.41) is 38.1. The molecule has 0 aromatic heterocycles. The van der Waals surface area contributed by atoms with Crippen LogP contribution in [-0.2, 0) is 16.0 Å². The summed E-state index contributed by atoms with van der Waals surface area (Å²) in [7, 11) is 0. The van der Waals surface area contributed by atoms with Gasteiger partial charge >= 0.3 is 5.97 Å². The Morgan fingerprint density at radius 1 is 1.14 bits per heavy atom.